The predicted octanol–water partition coefficient (Wildman–Crippen LogP) is 5.00. The minimum atomic E-state index is -0.572. The first-order chi connectivity index (χ1) is 16.1. The van der Waals surface area contributed by atoms with Gasteiger partial charge in [-0.2, -0.15) is 0 Å². The van der Waals surface area contributed by atoms with Crippen LogP contribution in [0.15, 0.2) is 84.9 Å². The average Bonchev–Trinajstić information content (AvgIpc) is 2.83. The summed E-state index contributed by atoms with van der Waals surface area (Å²) < 4.78 is 0. The summed E-state index contributed by atoms with van der Waals surface area (Å²) in [5, 5.41) is 2.94. The number of carbonyl (C=O) groups excluding carboxylic acids is 2. The average molecular weight is 461 g/mol. The number of hydrogen-bond acceptors (Lipinski definition) is 3. The Labute approximate surface area is 201 Å². The Morgan fingerprint density at radius 1 is 0.879 bits per heavy atom. The number of thioether (sulfide) groups is 1. The van der Waals surface area contributed by atoms with Crippen molar-refractivity contribution in [3.63, 3.8) is 0 Å². The molecule has 33 heavy (non-hydrogen) atoms. The molecular formula is C28H32N2O2S. The standard InChI is InChI=1S/C28H32N2O2S/c1-3-29-28(32)26(18-23-12-6-4-7-13-23)30(19-25-16-10-11-22(2)17-25)27(31)21-33-20-24-14-8-5-9-15-24/h4-17,26H,3,18-21H2,1-2H3,(H,29,32)/t26-/m1/s1. The van der Waals surface area contributed by atoms with E-state index in [0.29, 0.717) is 25.3 Å². The van der Waals surface area contributed by atoms with Gasteiger partial charge in [-0.05, 0) is 30.5 Å². The van der Waals surface area contributed by atoms with Crippen molar-refractivity contribution in [3.05, 3.63) is 107 Å². The summed E-state index contributed by atoms with van der Waals surface area (Å²) in [5.41, 5.74) is 4.38. The van der Waals surface area contributed by atoms with Gasteiger partial charge in [0.05, 0.1) is 5.75 Å². The van der Waals surface area contributed by atoms with Crippen LogP contribution in [0.25, 0.3) is 0 Å². The summed E-state index contributed by atoms with van der Waals surface area (Å²) in [6, 6.07) is 27.6. The molecule has 3 aromatic carbocycles. The highest BCUT2D eigenvalue weighted by atomic mass is 32.2. The van der Waals surface area contributed by atoms with Crippen LogP contribution in [-0.2, 0) is 28.3 Å². The van der Waals surface area contributed by atoms with E-state index in [1.165, 1.54) is 5.56 Å². The predicted molar refractivity (Wildman–Crippen MR) is 137 cm³/mol. The molecule has 0 bridgehead atoms. The molecule has 0 spiro atoms. The molecule has 1 N–H and O–H groups in total. The Hall–Kier alpha value is -3.05. The highest BCUT2D eigenvalue weighted by molar-refractivity contribution is 7.99. The molecule has 0 unspecified atom stereocenters. The fraction of sp³-hybridized carbons (Fsp3) is 0.286. The third-order valence-electron chi connectivity index (χ3n) is 5.39. The van der Waals surface area contributed by atoms with E-state index in [9.17, 15) is 9.59 Å². The van der Waals surface area contributed by atoms with Crippen molar-refractivity contribution in [3.8, 4) is 0 Å². The lowest BCUT2D eigenvalue weighted by atomic mass is 10.0. The van der Waals surface area contributed by atoms with E-state index < -0.39 is 6.04 Å². The fourth-order valence-electron chi connectivity index (χ4n) is 3.77. The minimum absolute atomic E-state index is 0.0235. The summed E-state index contributed by atoms with van der Waals surface area (Å²) in [6.45, 7) is 4.87. The monoisotopic (exact) mass is 460 g/mol. The third-order valence-corrected chi connectivity index (χ3v) is 6.38. The summed E-state index contributed by atoms with van der Waals surface area (Å²) in [4.78, 5) is 28.4. The molecular weight excluding hydrogens is 428 g/mol. The molecule has 0 aromatic heterocycles. The Bertz CT molecular complexity index is 1020. The molecule has 0 saturated heterocycles. The van der Waals surface area contributed by atoms with Gasteiger partial charge in [-0.15, -0.1) is 11.8 Å². The molecule has 3 aromatic rings. The highest BCUT2D eigenvalue weighted by Gasteiger charge is 2.30. The zero-order valence-corrected chi connectivity index (χ0v) is 20.2. The molecule has 0 aliphatic rings. The topological polar surface area (TPSA) is 49.4 Å². The Balaban J connectivity index is 1.82. The molecule has 0 aliphatic carbocycles. The van der Waals surface area contributed by atoms with Gasteiger partial charge in [0.25, 0.3) is 0 Å². The lowest BCUT2D eigenvalue weighted by Gasteiger charge is -2.31. The third kappa shape index (κ3) is 7.79. The van der Waals surface area contributed by atoms with Gasteiger partial charge in [-0.25, -0.2) is 0 Å². The molecule has 0 fully saturated rings. The number of likely N-dealkylation sites (N-methyl/N-ethyl adjacent to an activating group) is 1. The van der Waals surface area contributed by atoms with Crippen LogP contribution in [0.2, 0.25) is 0 Å². The second-order valence-electron chi connectivity index (χ2n) is 8.09. The zero-order valence-electron chi connectivity index (χ0n) is 19.4. The lowest BCUT2D eigenvalue weighted by Crippen LogP contribution is -2.51. The normalized spacial score (nSPS) is 11.6. The lowest BCUT2D eigenvalue weighted by molar-refractivity contribution is -0.139. The van der Waals surface area contributed by atoms with Crippen molar-refractivity contribution in [1.82, 2.24) is 10.2 Å². The molecule has 0 radical (unpaired) electrons. The maximum absolute atomic E-state index is 13.5. The van der Waals surface area contributed by atoms with Crippen molar-refractivity contribution in [2.24, 2.45) is 0 Å². The Kier molecular flexibility index (Phi) is 9.58. The quantitative estimate of drug-likeness (QED) is 0.438. The molecule has 3 rings (SSSR count). The molecule has 0 aliphatic heterocycles. The van der Waals surface area contributed by atoms with E-state index in [2.05, 4.69) is 23.5 Å². The van der Waals surface area contributed by atoms with Crippen LogP contribution in [0.4, 0.5) is 0 Å². The van der Waals surface area contributed by atoms with Gasteiger partial charge in [0, 0.05) is 25.3 Å². The summed E-state index contributed by atoms with van der Waals surface area (Å²) in [7, 11) is 0. The molecule has 2 amide bonds. The van der Waals surface area contributed by atoms with E-state index in [0.717, 1.165) is 22.4 Å². The first kappa shape index (κ1) is 24.6. The number of carbonyl (C=O) groups is 2. The van der Waals surface area contributed by atoms with Crippen LogP contribution in [0.5, 0.6) is 0 Å². The number of rotatable bonds is 11. The zero-order chi connectivity index (χ0) is 23.5. The summed E-state index contributed by atoms with van der Waals surface area (Å²) in [6.07, 6.45) is 0.480. The van der Waals surface area contributed by atoms with Crippen molar-refractivity contribution < 1.29 is 9.59 Å². The van der Waals surface area contributed by atoms with Crippen LogP contribution < -0.4 is 5.32 Å². The Morgan fingerprint density at radius 2 is 1.52 bits per heavy atom. The first-order valence-electron chi connectivity index (χ1n) is 11.3. The van der Waals surface area contributed by atoms with Crippen molar-refractivity contribution in [2.75, 3.05) is 12.3 Å². The van der Waals surface area contributed by atoms with Crippen LogP contribution in [0.1, 0.15) is 29.2 Å². The van der Waals surface area contributed by atoms with Gasteiger partial charge in [0.2, 0.25) is 11.8 Å². The van der Waals surface area contributed by atoms with E-state index in [-0.39, 0.29) is 11.8 Å². The molecule has 1 atom stereocenters. The Morgan fingerprint density at radius 3 is 2.15 bits per heavy atom. The fourth-order valence-corrected chi connectivity index (χ4v) is 4.64. The molecule has 172 valence electrons. The molecule has 0 heterocycles. The van der Waals surface area contributed by atoms with E-state index in [1.54, 1.807) is 16.7 Å². The summed E-state index contributed by atoms with van der Waals surface area (Å²) in [5.74, 6) is 0.945. The van der Waals surface area contributed by atoms with Crippen LogP contribution in [0, 0.1) is 6.92 Å². The number of hydrogen-bond donors (Lipinski definition) is 1. The summed E-state index contributed by atoms with van der Waals surface area (Å²) >= 11 is 1.58. The minimum Gasteiger partial charge on any atom is -0.355 e. The number of nitrogens with zero attached hydrogens (tertiary/aromatic N) is 1. The molecule has 0 saturated carbocycles. The van der Waals surface area contributed by atoms with Gasteiger partial charge in [-0.1, -0.05) is 90.5 Å². The van der Waals surface area contributed by atoms with Crippen LogP contribution in [0.3, 0.4) is 0 Å². The number of nitrogens with one attached hydrogen (secondary N) is 1. The van der Waals surface area contributed by atoms with Gasteiger partial charge in [-0.3, -0.25) is 9.59 Å². The second-order valence-corrected chi connectivity index (χ2v) is 9.07. The van der Waals surface area contributed by atoms with Gasteiger partial charge < -0.3 is 10.2 Å². The van der Waals surface area contributed by atoms with E-state index in [1.807, 2.05) is 80.6 Å². The maximum atomic E-state index is 13.5. The molecule has 4 nitrogen and oxygen atoms in total. The molecule has 5 heteroatoms. The highest BCUT2D eigenvalue weighted by Crippen LogP contribution is 2.19. The maximum Gasteiger partial charge on any atom is 0.243 e. The van der Waals surface area contributed by atoms with Crippen molar-refractivity contribution in [2.45, 2.75) is 38.6 Å². The number of amides is 2. The van der Waals surface area contributed by atoms with Crippen molar-refractivity contribution in [1.29, 1.82) is 0 Å². The van der Waals surface area contributed by atoms with Crippen molar-refractivity contribution >= 4 is 23.6 Å². The first-order valence-corrected chi connectivity index (χ1v) is 12.5. The van der Waals surface area contributed by atoms with Gasteiger partial charge in [0.1, 0.15) is 6.04 Å². The number of aryl methyl sites for hydroxylation is 1. The smallest absolute Gasteiger partial charge is 0.243 e. The largest absolute Gasteiger partial charge is 0.355 e. The van der Waals surface area contributed by atoms with E-state index >= 15 is 0 Å². The number of benzene rings is 3. The van der Waals surface area contributed by atoms with E-state index in [4.69, 9.17) is 0 Å². The second kappa shape index (κ2) is 12.9. The van der Waals surface area contributed by atoms with Crippen LogP contribution in [-0.4, -0.2) is 35.1 Å². The van der Waals surface area contributed by atoms with Crippen LogP contribution >= 0.6 is 11.8 Å². The SMILES string of the molecule is CCNC(=O)[C@@H](Cc1ccccc1)N(Cc1cccc(C)c1)C(=O)CSCc1ccccc1. The van der Waals surface area contributed by atoms with Gasteiger partial charge in [0.15, 0.2) is 0 Å². The van der Waals surface area contributed by atoms with Gasteiger partial charge >= 0.3 is 0 Å².